The first kappa shape index (κ1) is 25.4. The van der Waals surface area contributed by atoms with Crippen LogP contribution in [0.5, 0.6) is 0 Å². The van der Waals surface area contributed by atoms with Crippen LogP contribution in [0.3, 0.4) is 0 Å². The maximum atomic E-state index is 13.1. The number of pyridine rings is 1. The van der Waals surface area contributed by atoms with Crippen LogP contribution in [-0.4, -0.2) is 50.9 Å². The zero-order valence-corrected chi connectivity index (χ0v) is 20.2. The second-order valence-corrected chi connectivity index (χ2v) is 9.41. The van der Waals surface area contributed by atoms with Crippen LogP contribution in [0.2, 0.25) is 0 Å². The van der Waals surface area contributed by atoms with E-state index in [0.29, 0.717) is 17.4 Å². The largest absolute Gasteiger partial charge is 0.416 e. The molecule has 1 saturated heterocycles. The molecule has 1 aliphatic heterocycles. The Morgan fingerprint density at radius 1 is 1.17 bits per heavy atom. The van der Waals surface area contributed by atoms with Gasteiger partial charge in [0.25, 0.3) is 11.8 Å². The van der Waals surface area contributed by atoms with Gasteiger partial charge in [0.15, 0.2) is 0 Å². The van der Waals surface area contributed by atoms with Gasteiger partial charge >= 0.3 is 6.18 Å². The number of halogens is 3. The molecular formula is C22H23F3N8O2S. The molecule has 3 aromatic rings. The van der Waals surface area contributed by atoms with Gasteiger partial charge in [0.05, 0.1) is 17.8 Å². The Morgan fingerprint density at radius 3 is 2.64 bits per heavy atom. The number of alkyl halides is 3. The molecule has 2 amide bonds. The quantitative estimate of drug-likeness (QED) is 0.451. The minimum absolute atomic E-state index is 0.0510. The zero-order chi connectivity index (χ0) is 26.0. The molecule has 0 aliphatic carbocycles. The lowest BCUT2D eigenvalue weighted by atomic mass is 10.1. The Labute approximate surface area is 208 Å². The summed E-state index contributed by atoms with van der Waals surface area (Å²) in [6.45, 7) is 4.37. The summed E-state index contributed by atoms with van der Waals surface area (Å²) in [4.78, 5) is 43.7. The van der Waals surface area contributed by atoms with Gasteiger partial charge in [0.1, 0.15) is 33.5 Å². The average molecular weight is 521 g/mol. The number of nitrogens with zero attached hydrogens (tertiary/aromatic N) is 5. The van der Waals surface area contributed by atoms with E-state index in [0.717, 1.165) is 36.6 Å². The lowest BCUT2D eigenvalue weighted by molar-refractivity contribution is -0.138. The number of nitrogens with two attached hydrogens (primary N) is 1. The summed E-state index contributed by atoms with van der Waals surface area (Å²) in [5, 5.41) is 5.56. The van der Waals surface area contributed by atoms with Crippen LogP contribution in [0.1, 0.15) is 55.7 Å². The average Bonchev–Trinajstić information content (AvgIpc) is 3.49. The number of hydrogen-bond donors (Lipinski definition) is 3. The van der Waals surface area contributed by atoms with E-state index in [1.807, 2.05) is 4.90 Å². The van der Waals surface area contributed by atoms with E-state index < -0.39 is 29.6 Å². The molecule has 1 fully saturated rings. The van der Waals surface area contributed by atoms with Gasteiger partial charge < -0.3 is 21.3 Å². The Kier molecular flexibility index (Phi) is 7.17. The number of aromatic nitrogens is 4. The summed E-state index contributed by atoms with van der Waals surface area (Å²) < 4.78 is 39.4. The first-order valence-electron chi connectivity index (χ1n) is 11.0. The molecular weight excluding hydrogens is 497 g/mol. The van der Waals surface area contributed by atoms with Gasteiger partial charge in [-0.3, -0.25) is 9.59 Å². The molecule has 4 heterocycles. The van der Waals surface area contributed by atoms with Crippen LogP contribution >= 0.6 is 11.3 Å². The van der Waals surface area contributed by atoms with E-state index in [1.165, 1.54) is 19.4 Å². The van der Waals surface area contributed by atoms with Crippen LogP contribution in [0.4, 0.5) is 24.8 Å². The second kappa shape index (κ2) is 10.1. The number of thiazole rings is 1. The summed E-state index contributed by atoms with van der Waals surface area (Å²) in [7, 11) is 0. The van der Waals surface area contributed by atoms with Crippen LogP contribution in [0.15, 0.2) is 30.9 Å². The summed E-state index contributed by atoms with van der Waals surface area (Å²) in [6, 6.07) is 1.87. The van der Waals surface area contributed by atoms with Gasteiger partial charge in [0, 0.05) is 31.4 Å². The topological polar surface area (TPSA) is 139 Å². The van der Waals surface area contributed by atoms with Crippen molar-refractivity contribution < 1.29 is 22.8 Å². The van der Waals surface area contributed by atoms with E-state index >= 15 is 0 Å². The van der Waals surface area contributed by atoms with E-state index in [4.69, 9.17) is 5.73 Å². The van der Waals surface area contributed by atoms with E-state index in [-0.39, 0.29) is 28.0 Å². The molecule has 0 spiro atoms. The molecule has 4 N–H and O–H groups in total. The highest BCUT2D eigenvalue weighted by molar-refractivity contribution is 7.13. The van der Waals surface area contributed by atoms with Crippen LogP contribution in [0, 0.1) is 6.92 Å². The third-order valence-corrected chi connectivity index (χ3v) is 6.73. The predicted molar refractivity (Wildman–Crippen MR) is 127 cm³/mol. The molecule has 10 nitrogen and oxygen atoms in total. The van der Waals surface area contributed by atoms with Gasteiger partial charge in [-0.05, 0) is 31.9 Å². The first-order valence-corrected chi connectivity index (χ1v) is 11.8. The first-order chi connectivity index (χ1) is 17.0. The van der Waals surface area contributed by atoms with E-state index in [1.54, 1.807) is 13.0 Å². The van der Waals surface area contributed by atoms with Crippen LogP contribution in [-0.2, 0) is 6.18 Å². The number of hydrogen-bond acceptors (Lipinski definition) is 9. The fourth-order valence-corrected chi connectivity index (χ4v) is 4.46. The van der Waals surface area contributed by atoms with Crippen molar-refractivity contribution in [3.05, 3.63) is 57.6 Å². The number of carbonyl (C=O) groups is 2. The molecule has 0 aromatic carbocycles. The molecule has 14 heteroatoms. The highest BCUT2D eigenvalue weighted by Crippen LogP contribution is 2.33. The van der Waals surface area contributed by atoms with Crippen molar-refractivity contribution in [1.82, 2.24) is 25.3 Å². The number of nitrogens with one attached hydrogen (secondary N) is 2. The Hall–Kier alpha value is -3.65. The smallest absolute Gasteiger partial charge is 0.355 e. The Balaban J connectivity index is 1.40. The Morgan fingerprint density at radius 2 is 1.94 bits per heavy atom. The van der Waals surface area contributed by atoms with Gasteiger partial charge in [-0.2, -0.15) is 13.2 Å². The molecule has 0 saturated carbocycles. The number of aryl methyl sites for hydroxylation is 1. The SMILES string of the molecule is Cc1cnc(NC(=O)c2cnc(C(C)NC(=O)c3cc(N4CCC(N)C4)ncn3)s2)cc1C(F)(F)F. The summed E-state index contributed by atoms with van der Waals surface area (Å²) in [5.41, 5.74) is 5.18. The summed E-state index contributed by atoms with van der Waals surface area (Å²) >= 11 is 0.999. The van der Waals surface area contributed by atoms with E-state index in [9.17, 15) is 22.8 Å². The van der Waals surface area contributed by atoms with Gasteiger partial charge in [0.2, 0.25) is 0 Å². The van der Waals surface area contributed by atoms with Crippen molar-refractivity contribution in [3.8, 4) is 0 Å². The normalized spacial score (nSPS) is 16.6. The van der Waals surface area contributed by atoms with Crippen molar-refractivity contribution in [2.45, 2.75) is 38.5 Å². The van der Waals surface area contributed by atoms with Crippen LogP contribution in [0.25, 0.3) is 0 Å². The van der Waals surface area contributed by atoms with Crippen molar-refractivity contribution >= 4 is 34.8 Å². The lowest BCUT2D eigenvalue weighted by Gasteiger charge is -2.17. The zero-order valence-electron chi connectivity index (χ0n) is 19.3. The van der Waals surface area contributed by atoms with Crippen molar-refractivity contribution in [2.24, 2.45) is 5.73 Å². The van der Waals surface area contributed by atoms with Crippen molar-refractivity contribution in [2.75, 3.05) is 23.3 Å². The molecule has 0 radical (unpaired) electrons. The van der Waals surface area contributed by atoms with Crippen LogP contribution < -0.4 is 21.3 Å². The number of rotatable bonds is 6. The second-order valence-electron chi connectivity index (χ2n) is 8.35. The third kappa shape index (κ3) is 5.76. The van der Waals surface area contributed by atoms with Gasteiger partial charge in [-0.1, -0.05) is 0 Å². The van der Waals surface area contributed by atoms with Gasteiger partial charge in [-0.25, -0.2) is 19.9 Å². The predicted octanol–water partition coefficient (Wildman–Crippen LogP) is 2.94. The monoisotopic (exact) mass is 520 g/mol. The van der Waals surface area contributed by atoms with Crippen molar-refractivity contribution in [1.29, 1.82) is 0 Å². The summed E-state index contributed by atoms with van der Waals surface area (Å²) in [5.74, 6) is -0.722. The third-order valence-electron chi connectivity index (χ3n) is 5.55. The highest BCUT2D eigenvalue weighted by Gasteiger charge is 2.33. The van der Waals surface area contributed by atoms with Crippen molar-refractivity contribution in [3.63, 3.8) is 0 Å². The molecule has 4 rings (SSSR count). The maximum absolute atomic E-state index is 13.1. The molecule has 2 unspecified atom stereocenters. The standard InChI is InChI=1S/C22H23F3N8O2S/c1-11-7-27-17(5-14(11)22(23,24)25)32-20(35)16-8-28-21(36-16)12(2)31-19(34)15-6-18(30-10-29-15)33-4-3-13(26)9-33/h5-8,10,12-13H,3-4,9,26H2,1-2H3,(H,31,34)(H,27,32,35). The maximum Gasteiger partial charge on any atom is 0.416 e. The number of amides is 2. The lowest BCUT2D eigenvalue weighted by Crippen LogP contribution is -2.29. The van der Waals surface area contributed by atoms with E-state index in [2.05, 4.69) is 30.6 Å². The number of anilines is 2. The minimum Gasteiger partial charge on any atom is -0.355 e. The Bertz CT molecular complexity index is 1280. The van der Waals surface area contributed by atoms with Gasteiger partial charge in [-0.15, -0.1) is 11.3 Å². The highest BCUT2D eigenvalue weighted by atomic mass is 32.1. The molecule has 0 bridgehead atoms. The number of carbonyl (C=O) groups excluding carboxylic acids is 2. The molecule has 2 atom stereocenters. The fraction of sp³-hybridized carbons (Fsp3) is 0.364. The fourth-order valence-electron chi connectivity index (χ4n) is 3.64. The minimum atomic E-state index is -4.57. The molecule has 190 valence electrons. The molecule has 3 aromatic heterocycles. The summed E-state index contributed by atoms with van der Waals surface area (Å²) in [6.07, 6.45) is -0.0789. The molecule has 1 aliphatic rings. The molecule has 36 heavy (non-hydrogen) atoms.